The van der Waals surface area contributed by atoms with E-state index in [2.05, 4.69) is 15.0 Å². The summed E-state index contributed by atoms with van der Waals surface area (Å²) in [5, 5.41) is 2.12. The third kappa shape index (κ3) is 4.89. The molecule has 0 aliphatic rings. The average Bonchev–Trinajstić information content (AvgIpc) is 2.29. The zero-order chi connectivity index (χ0) is 13.6. The molecular formula is C10H11F3N2O3. The van der Waals surface area contributed by atoms with E-state index in [9.17, 15) is 18.0 Å². The van der Waals surface area contributed by atoms with Crippen LogP contribution in [0.25, 0.3) is 0 Å². The second-order valence-electron chi connectivity index (χ2n) is 3.11. The number of amides is 1. The molecule has 0 bridgehead atoms. The molecule has 0 aliphatic heterocycles. The molecule has 1 rings (SSSR count). The number of nitrogens with zero attached hydrogens (tertiary/aromatic N) is 1. The fourth-order valence-electron chi connectivity index (χ4n) is 1.03. The minimum Gasteiger partial charge on any atom is -0.476 e. The molecule has 0 spiro atoms. The van der Waals surface area contributed by atoms with Crippen LogP contribution in [0.2, 0.25) is 0 Å². The second-order valence-corrected chi connectivity index (χ2v) is 3.11. The molecule has 0 fully saturated rings. The summed E-state index contributed by atoms with van der Waals surface area (Å²) in [6.07, 6.45) is -4.35. The minimum absolute atomic E-state index is 0.115. The summed E-state index contributed by atoms with van der Waals surface area (Å²) in [4.78, 5) is 14.9. The van der Waals surface area contributed by atoms with Gasteiger partial charge in [0.25, 0.3) is 0 Å². The largest absolute Gasteiger partial charge is 0.476 e. The van der Waals surface area contributed by atoms with Gasteiger partial charge in [-0.2, -0.15) is 13.2 Å². The van der Waals surface area contributed by atoms with Gasteiger partial charge in [-0.25, -0.2) is 9.78 Å². The van der Waals surface area contributed by atoms with Crippen LogP contribution in [-0.4, -0.2) is 30.5 Å². The summed E-state index contributed by atoms with van der Waals surface area (Å²) in [5.74, 6) is 0.115. The van der Waals surface area contributed by atoms with Crippen molar-refractivity contribution in [3.63, 3.8) is 0 Å². The maximum atomic E-state index is 11.8. The van der Waals surface area contributed by atoms with E-state index in [1.807, 2.05) is 0 Å². The van der Waals surface area contributed by atoms with Crippen LogP contribution in [0.3, 0.4) is 0 Å². The molecule has 0 unspecified atom stereocenters. The summed E-state index contributed by atoms with van der Waals surface area (Å²) >= 11 is 0. The number of nitrogens with one attached hydrogen (secondary N) is 1. The molecule has 0 saturated carbocycles. The first-order valence-electron chi connectivity index (χ1n) is 5.00. The molecule has 1 amide bonds. The van der Waals surface area contributed by atoms with E-state index >= 15 is 0 Å². The number of ether oxygens (including phenoxy) is 2. The van der Waals surface area contributed by atoms with E-state index in [-0.39, 0.29) is 11.6 Å². The van der Waals surface area contributed by atoms with Crippen LogP contribution < -0.4 is 10.1 Å². The summed E-state index contributed by atoms with van der Waals surface area (Å²) in [6, 6.07) is 2.94. The number of carbonyl (C=O) groups is 1. The summed E-state index contributed by atoms with van der Waals surface area (Å²) in [7, 11) is 0. The predicted octanol–water partition coefficient (Wildman–Crippen LogP) is 2.59. The lowest BCUT2D eigenvalue weighted by Crippen LogP contribution is -2.23. The molecule has 8 heteroatoms. The fourth-order valence-corrected chi connectivity index (χ4v) is 1.03. The van der Waals surface area contributed by atoms with Crippen molar-refractivity contribution < 1.29 is 27.4 Å². The van der Waals surface area contributed by atoms with Gasteiger partial charge in [-0.1, -0.05) is 0 Å². The number of carbonyl (C=O) groups excluding carboxylic acids is 1. The minimum atomic E-state index is -4.56. The van der Waals surface area contributed by atoms with Gasteiger partial charge in [-0.05, 0) is 19.1 Å². The Kier molecular flexibility index (Phi) is 4.75. The number of alkyl halides is 3. The molecule has 0 radical (unpaired) electrons. The molecule has 1 aromatic rings. The highest BCUT2D eigenvalue weighted by atomic mass is 19.4. The standard InChI is InChI=1S/C10H11F3N2O3/c1-2-17-8-7(4-3-5-14-8)15-9(16)18-6-10(11,12)13/h3-5H,2,6H2,1H3,(H,15,16). The van der Waals surface area contributed by atoms with E-state index < -0.39 is 18.9 Å². The van der Waals surface area contributed by atoms with Gasteiger partial charge in [0, 0.05) is 6.20 Å². The number of halogens is 3. The topological polar surface area (TPSA) is 60.5 Å². The van der Waals surface area contributed by atoms with Gasteiger partial charge in [-0.3, -0.25) is 5.32 Å². The molecule has 0 aromatic carbocycles. The van der Waals surface area contributed by atoms with Gasteiger partial charge >= 0.3 is 12.3 Å². The molecule has 0 aliphatic carbocycles. The van der Waals surface area contributed by atoms with Gasteiger partial charge < -0.3 is 9.47 Å². The predicted molar refractivity (Wildman–Crippen MR) is 56.4 cm³/mol. The number of rotatable bonds is 4. The molecule has 1 heterocycles. The van der Waals surface area contributed by atoms with Crippen LogP contribution in [-0.2, 0) is 4.74 Å². The van der Waals surface area contributed by atoms with Crippen molar-refractivity contribution in [1.82, 2.24) is 4.98 Å². The lowest BCUT2D eigenvalue weighted by Gasteiger charge is -2.11. The van der Waals surface area contributed by atoms with Gasteiger partial charge in [0.05, 0.1) is 6.61 Å². The Morgan fingerprint density at radius 3 is 2.83 bits per heavy atom. The monoisotopic (exact) mass is 264 g/mol. The van der Waals surface area contributed by atoms with E-state index in [1.54, 1.807) is 6.92 Å². The Morgan fingerprint density at radius 2 is 2.22 bits per heavy atom. The maximum absolute atomic E-state index is 11.8. The second kappa shape index (κ2) is 6.08. The quantitative estimate of drug-likeness (QED) is 0.908. The Hall–Kier alpha value is -1.99. The van der Waals surface area contributed by atoms with Crippen molar-refractivity contribution in [2.24, 2.45) is 0 Å². The first-order chi connectivity index (χ1) is 8.42. The molecule has 0 saturated heterocycles. The molecule has 1 N–H and O–H groups in total. The van der Waals surface area contributed by atoms with Crippen molar-refractivity contribution in [3.8, 4) is 5.88 Å². The zero-order valence-electron chi connectivity index (χ0n) is 9.45. The molecule has 18 heavy (non-hydrogen) atoms. The Labute approximate surface area is 101 Å². The summed E-state index contributed by atoms with van der Waals surface area (Å²) in [6.45, 7) is 0.368. The van der Waals surface area contributed by atoms with Crippen molar-refractivity contribution in [1.29, 1.82) is 0 Å². The number of anilines is 1. The van der Waals surface area contributed by atoms with E-state index in [4.69, 9.17) is 4.74 Å². The van der Waals surface area contributed by atoms with E-state index in [1.165, 1.54) is 18.3 Å². The van der Waals surface area contributed by atoms with Crippen molar-refractivity contribution in [3.05, 3.63) is 18.3 Å². The van der Waals surface area contributed by atoms with Crippen LogP contribution >= 0.6 is 0 Å². The third-order valence-corrected chi connectivity index (χ3v) is 1.66. The first-order valence-corrected chi connectivity index (χ1v) is 5.00. The Morgan fingerprint density at radius 1 is 1.50 bits per heavy atom. The highest BCUT2D eigenvalue weighted by molar-refractivity contribution is 5.86. The van der Waals surface area contributed by atoms with Crippen LogP contribution in [0.15, 0.2) is 18.3 Å². The van der Waals surface area contributed by atoms with Gasteiger partial charge in [0.15, 0.2) is 6.61 Å². The molecule has 5 nitrogen and oxygen atoms in total. The highest BCUT2D eigenvalue weighted by Gasteiger charge is 2.29. The first kappa shape index (κ1) is 14.1. The van der Waals surface area contributed by atoms with Gasteiger partial charge in [0.1, 0.15) is 5.69 Å². The van der Waals surface area contributed by atoms with E-state index in [0.717, 1.165) is 0 Å². The van der Waals surface area contributed by atoms with Crippen LogP contribution in [0.1, 0.15) is 6.92 Å². The lowest BCUT2D eigenvalue weighted by molar-refractivity contribution is -0.159. The molecule has 100 valence electrons. The summed E-state index contributed by atoms with van der Waals surface area (Å²) in [5.41, 5.74) is 0.145. The zero-order valence-corrected chi connectivity index (χ0v) is 9.45. The SMILES string of the molecule is CCOc1ncccc1NC(=O)OCC(F)(F)F. The normalized spacial score (nSPS) is 10.9. The number of hydrogen-bond acceptors (Lipinski definition) is 4. The Balaban J connectivity index is 2.59. The smallest absolute Gasteiger partial charge is 0.422 e. The molecule has 1 aromatic heterocycles. The van der Waals surface area contributed by atoms with Crippen molar-refractivity contribution in [2.45, 2.75) is 13.1 Å². The van der Waals surface area contributed by atoms with Crippen molar-refractivity contribution >= 4 is 11.8 Å². The third-order valence-electron chi connectivity index (χ3n) is 1.66. The van der Waals surface area contributed by atoms with Crippen LogP contribution in [0.4, 0.5) is 23.7 Å². The lowest BCUT2D eigenvalue weighted by atomic mass is 10.4. The number of pyridine rings is 1. The fraction of sp³-hybridized carbons (Fsp3) is 0.400. The maximum Gasteiger partial charge on any atom is 0.422 e. The Bertz CT molecular complexity index is 410. The molecule has 0 atom stereocenters. The number of aromatic nitrogens is 1. The van der Waals surface area contributed by atoms with E-state index in [0.29, 0.717) is 6.61 Å². The van der Waals surface area contributed by atoms with Crippen LogP contribution in [0.5, 0.6) is 5.88 Å². The number of hydrogen-bond donors (Lipinski definition) is 1. The van der Waals surface area contributed by atoms with Crippen LogP contribution in [0, 0.1) is 0 Å². The van der Waals surface area contributed by atoms with Gasteiger partial charge in [0.2, 0.25) is 5.88 Å². The van der Waals surface area contributed by atoms with Crippen molar-refractivity contribution in [2.75, 3.05) is 18.5 Å². The summed E-state index contributed by atoms with van der Waals surface area (Å²) < 4.78 is 44.5. The van der Waals surface area contributed by atoms with Gasteiger partial charge in [-0.15, -0.1) is 0 Å². The average molecular weight is 264 g/mol. The highest BCUT2D eigenvalue weighted by Crippen LogP contribution is 2.21. The molecular weight excluding hydrogens is 253 g/mol.